The van der Waals surface area contributed by atoms with Gasteiger partial charge in [-0.1, -0.05) is 13.2 Å². The summed E-state index contributed by atoms with van der Waals surface area (Å²) < 4.78 is 61.2. The molecule has 0 amide bonds. The van der Waals surface area contributed by atoms with E-state index in [1.54, 1.807) is 0 Å². The lowest BCUT2D eigenvalue weighted by molar-refractivity contribution is -0.139. The first-order valence-corrected chi connectivity index (χ1v) is 20.7. The Morgan fingerprint density at radius 2 is 0.826 bits per heavy atom. The maximum absolute atomic E-state index is 13.1. The molecule has 0 unspecified atom stereocenters. The molecule has 1 saturated carbocycles. The van der Waals surface area contributed by atoms with E-state index in [1.165, 1.54) is 97.1 Å². The molecule has 0 bridgehead atoms. The first-order chi connectivity index (χ1) is 33.3. The van der Waals surface area contributed by atoms with Gasteiger partial charge in [-0.15, -0.1) is 0 Å². The van der Waals surface area contributed by atoms with Crippen LogP contribution in [0.5, 0.6) is 23.0 Å². The summed E-state index contributed by atoms with van der Waals surface area (Å²) in [5.74, 6) is -4.14. The highest BCUT2D eigenvalue weighted by Crippen LogP contribution is 2.40. The zero-order chi connectivity index (χ0) is 49.3. The second kappa shape index (κ2) is 24.1. The minimum atomic E-state index is -1.42. The lowest BCUT2D eigenvalue weighted by Gasteiger charge is -2.19. The smallest absolute Gasteiger partial charge is 0.459 e. The molecule has 1 saturated heterocycles. The van der Waals surface area contributed by atoms with E-state index in [2.05, 4.69) is 27.4 Å². The van der Waals surface area contributed by atoms with Crippen LogP contribution >= 0.6 is 0 Å². The SMILES string of the molecule is C=CC(=O)OCCOC(=O)OC(=O)Oc1ccc(C(=O)Oc2ccc(C(=O)O[C@@H]3CC[C@@H]4[C@H]3OC[C@H]4OC(=O)c3ccc(OC(=O)c4ccc(OC(=O)OCCOC(=O)C=C)cc4)cc3)cc2)cc1. The Balaban J connectivity index is 0.892. The zero-order valence-electron chi connectivity index (χ0n) is 36.1. The highest BCUT2D eigenvalue weighted by atomic mass is 16.8. The number of hydrogen-bond acceptors (Lipinski definition) is 21. The van der Waals surface area contributed by atoms with Crippen molar-refractivity contribution in [1.82, 2.24) is 0 Å². The molecule has 2 fully saturated rings. The number of hydrogen-bond donors (Lipinski definition) is 0. The number of carbonyl (C=O) groups is 9. The first-order valence-electron chi connectivity index (χ1n) is 20.7. The number of rotatable bonds is 18. The quantitative estimate of drug-likeness (QED) is 0.0201. The van der Waals surface area contributed by atoms with E-state index in [-0.39, 0.29) is 84.2 Å². The van der Waals surface area contributed by atoms with Crippen LogP contribution in [0.25, 0.3) is 0 Å². The van der Waals surface area contributed by atoms with E-state index < -0.39 is 72.6 Å². The Kier molecular flexibility index (Phi) is 17.3. The van der Waals surface area contributed by atoms with Crippen molar-refractivity contribution in [3.05, 3.63) is 145 Å². The molecule has 0 aromatic heterocycles. The van der Waals surface area contributed by atoms with Crippen LogP contribution in [0.3, 0.4) is 0 Å². The van der Waals surface area contributed by atoms with Crippen molar-refractivity contribution < 1.29 is 100.0 Å². The van der Waals surface area contributed by atoms with Crippen molar-refractivity contribution in [1.29, 1.82) is 0 Å². The molecule has 1 heterocycles. The summed E-state index contributed by atoms with van der Waals surface area (Å²) >= 11 is 0. The first kappa shape index (κ1) is 49.6. The highest BCUT2D eigenvalue weighted by molar-refractivity contribution is 5.93. The number of esters is 6. The Hall–Kier alpha value is -8.85. The topological polar surface area (TPSA) is 264 Å². The minimum Gasteiger partial charge on any atom is -0.459 e. The molecule has 21 heteroatoms. The van der Waals surface area contributed by atoms with Gasteiger partial charge in [0.2, 0.25) is 0 Å². The van der Waals surface area contributed by atoms with Gasteiger partial charge in [-0.2, -0.15) is 0 Å². The normalized spacial score (nSPS) is 16.5. The third-order valence-corrected chi connectivity index (χ3v) is 9.80. The predicted octanol–water partition coefficient (Wildman–Crippen LogP) is 6.31. The monoisotopic (exact) mass is 952 g/mol. The molecule has 0 radical (unpaired) electrons. The molecular weight excluding hydrogens is 913 g/mol. The van der Waals surface area contributed by atoms with Gasteiger partial charge >= 0.3 is 54.3 Å². The number of fused-ring (bicyclic) bond motifs is 1. The maximum atomic E-state index is 13.1. The summed E-state index contributed by atoms with van der Waals surface area (Å²) in [4.78, 5) is 109. The summed E-state index contributed by atoms with van der Waals surface area (Å²) in [7, 11) is 0. The van der Waals surface area contributed by atoms with Crippen LogP contribution in [0.2, 0.25) is 0 Å². The van der Waals surface area contributed by atoms with Crippen molar-refractivity contribution in [2.75, 3.05) is 33.0 Å². The molecule has 358 valence electrons. The van der Waals surface area contributed by atoms with Crippen LogP contribution < -0.4 is 18.9 Å². The summed E-state index contributed by atoms with van der Waals surface area (Å²) in [6.45, 7) is 5.46. The Morgan fingerprint density at radius 3 is 1.28 bits per heavy atom. The predicted molar refractivity (Wildman–Crippen MR) is 229 cm³/mol. The van der Waals surface area contributed by atoms with E-state index in [1.807, 2.05) is 0 Å². The number of ether oxygens (including phenoxy) is 12. The Bertz CT molecular complexity index is 2550. The molecule has 4 aromatic carbocycles. The lowest BCUT2D eigenvalue weighted by atomic mass is 10.0. The van der Waals surface area contributed by atoms with Crippen molar-refractivity contribution >= 4 is 54.3 Å². The molecule has 21 nitrogen and oxygen atoms in total. The molecule has 4 atom stereocenters. The summed E-state index contributed by atoms with van der Waals surface area (Å²) in [6.07, 6.45) is -2.70. The fourth-order valence-electron chi connectivity index (χ4n) is 6.54. The third-order valence-electron chi connectivity index (χ3n) is 9.80. The fourth-order valence-corrected chi connectivity index (χ4v) is 6.54. The van der Waals surface area contributed by atoms with Gasteiger partial charge in [-0.3, -0.25) is 0 Å². The molecule has 69 heavy (non-hydrogen) atoms. The van der Waals surface area contributed by atoms with Gasteiger partial charge in [0, 0.05) is 18.1 Å². The van der Waals surface area contributed by atoms with Gasteiger partial charge < -0.3 is 56.8 Å². The van der Waals surface area contributed by atoms with Gasteiger partial charge in [0.1, 0.15) is 67.7 Å². The Morgan fingerprint density at radius 1 is 0.449 bits per heavy atom. The fraction of sp³-hybridized carbons (Fsp3) is 0.229. The van der Waals surface area contributed by atoms with E-state index in [9.17, 15) is 43.2 Å². The molecule has 1 aliphatic heterocycles. The minimum absolute atomic E-state index is 0.0722. The van der Waals surface area contributed by atoms with Gasteiger partial charge in [-0.05, 0) is 110 Å². The van der Waals surface area contributed by atoms with Crippen molar-refractivity contribution in [3.8, 4) is 23.0 Å². The molecule has 0 N–H and O–H groups in total. The van der Waals surface area contributed by atoms with Gasteiger partial charge in [-0.25, -0.2) is 43.2 Å². The van der Waals surface area contributed by atoms with E-state index in [0.717, 1.165) is 12.2 Å². The number of carbonyl (C=O) groups excluding carboxylic acids is 9. The molecule has 2 aliphatic rings. The van der Waals surface area contributed by atoms with Crippen LogP contribution in [0.4, 0.5) is 14.4 Å². The summed E-state index contributed by atoms with van der Waals surface area (Å²) in [5, 5.41) is 0. The summed E-state index contributed by atoms with van der Waals surface area (Å²) in [6, 6.07) is 21.9. The van der Waals surface area contributed by atoms with Crippen LogP contribution in [-0.4, -0.2) is 106 Å². The lowest BCUT2D eigenvalue weighted by Crippen LogP contribution is -2.31. The van der Waals surface area contributed by atoms with Crippen LogP contribution in [0.1, 0.15) is 54.3 Å². The van der Waals surface area contributed by atoms with Gasteiger partial charge in [0.05, 0.1) is 28.9 Å². The van der Waals surface area contributed by atoms with E-state index in [4.69, 9.17) is 42.6 Å². The molecule has 4 aromatic rings. The largest absolute Gasteiger partial charge is 0.524 e. The highest BCUT2D eigenvalue weighted by Gasteiger charge is 2.49. The summed E-state index contributed by atoms with van der Waals surface area (Å²) in [5.41, 5.74) is 0.573. The van der Waals surface area contributed by atoms with Crippen LogP contribution in [0.15, 0.2) is 122 Å². The van der Waals surface area contributed by atoms with Gasteiger partial charge in [0.15, 0.2) is 0 Å². The maximum Gasteiger partial charge on any atom is 0.524 e. The van der Waals surface area contributed by atoms with E-state index in [0.29, 0.717) is 12.8 Å². The standard InChI is InChI=1S/C48H40O21/c1-3-39(49)58-23-25-60-46(55)65-34-17-9-28(10-18-34)42(51)64-33-15-7-31(8-16-33)45(54)68-38-27-62-41-36(38)21-22-37(41)67-44(53)30-5-13-32(14-6-30)63-43(52)29-11-19-35(20-12-29)66-48(57)69-47(56)61-26-24-59-40(50)4-2/h3-20,36-38,41H,1-2,21-27H2/t36-,37+,38+,41+/m0/s1. The van der Waals surface area contributed by atoms with Crippen LogP contribution in [-0.2, 0) is 47.5 Å². The third kappa shape index (κ3) is 14.6. The van der Waals surface area contributed by atoms with E-state index >= 15 is 0 Å². The molecule has 6 rings (SSSR count). The molecular formula is C48H40O21. The molecule has 1 aliphatic carbocycles. The number of benzene rings is 4. The average molecular weight is 953 g/mol. The Labute approximate surface area is 391 Å². The molecule has 0 spiro atoms. The van der Waals surface area contributed by atoms with Gasteiger partial charge in [0.25, 0.3) is 0 Å². The second-order valence-corrected chi connectivity index (χ2v) is 14.3. The average Bonchev–Trinajstić information content (AvgIpc) is 3.94. The van der Waals surface area contributed by atoms with Crippen molar-refractivity contribution in [2.45, 2.75) is 31.2 Å². The van der Waals surface area contributed by atoms with Crippen LogP contribution in [0, 0.1) is 5.92 Å². The second-order valence-electron chi connectivity index (χ2n) is 14.3. The van der Waals surface area contributed by atoms with Crippen molar-refractivity contribution in [3.63, 3.8) is 0 Å². The zero-order valence-corrected chi connectivity index (χ0v) is 36.1. The van der Waals surface area contributed by atoms with Crippen molar-refractivity contribution in [2.24, 2.45) is 5.92 Å².